The van der Waals surface area contributed by atoms with Gasteiger partial charge in [-0.3, -0.25) is 13.6 Å². The van der Waals surface area contributed by atoms with E-state index in [0.29, 0.717) is 0 Å². The molecule has 0 spiro atoms. The van der Waals surface area contributed by atoms with E-state index in [1.54, 1.807) is 6.20 Å². The fraction of sp³-hybridized carbons (Fsp3) is 0. The van der Waals surface area contributed by atoms with Crippen LogP contribution in [0.3, 0.4) is 0 Å². The fourth-order valence-electron chi connectivity index (χ4n) is 2.89. The Morgan fingerprint density at radius 3 is 1.36 bits per heavy atom. The molecule has 0 bridgehead atoms. The van der Waals surface area contributed by atoms with Gasteiger partial charge in [0.15, 0.2) is 17.2 Å². The molecule has 185 valence electrons. The van der Waals surface area contributed by atoms with E-state index in [9.17, 15) is 0 Å². The molecule has 0 aliphatic heterocycles. The summed E-state index contributed by atoms with van der Waals surface area (Å²) in [5, 5.41) is 0. The zero-order chi connectivity index (χ0) is 23.3. The molecule has 1 aromatic heterocycles. The minimum atomic E-state index is -2.00. The molecule has 0 aliphatic carbocycles. The first-order valence-electron chi connectivity index (χ1n) is 10.8. The van der Waals surface area contributed by atoms with E-state index in [0.717, 1.165) is 28.5 Å². The third-order valence-corrected chi connectivity index (χ3v) is 5.69. The maximum atomic E-state index is 5.88. The van der Waals surface area contributed by atoms with E-state index in [1.165, 1.54) is 0 Å². The molecule has 0 aliphatic rings. The summed E-state index contributed by atoms with van der Waals surface area (Å²) < 4.78 is 17.6. The fourth-order valence-corrected chi connectivity index (χ4v) is 4.00. The number of rotatable bonds is 7. The Morgan fingerprint density at radius 2 is 0.972 bits per heavy atom. The molecule has 0 saturated carbocycles. The largest absolute Gasteiger partial charge is 0.528 e. The van der Waals surface area contributed by atoms with Crippen molar-refractivity contribution < 1.29 is 33.7 Å². The van der Waals surface area contributed by atoms with Gasteiger partial charge in [-0.25, -0.2) is 0 Å². The quantitative estimate of drug-likeness (QED) is 0.129. The van der Waals surface area contributed by atoms with Crippen molar-refractivity contribution in [2.24, 2.45) is 0 Å². The minimum absolute atomic E-state index is 0. The van der Waals surface area contributed by atoms with E-state index in [-0.39, 0.29) is 27.5 Å². The van der Waals surface area contributed by atoms with Crippen LogP contribution in [-0.2, 0) is 20.1 Å². The SMILES string of the molecule is [CH3-].[Ir].[c-]1ccccc1-c1ccccn1.c1ccc(O[PH+](Oc2ccccc2)Oc2ccccc2)cc1. The summed E-state index contributed by atoms with van der Waals surface area (Å²) >= 11 is 0. The number of benzene rings is 4. The molecular formula is C30H27IrNO3P-. The van der Waals surface area contributed by atoms with Crippen molar-refractivity contribution in [2.75, 3.05) is 0 Å². The van der Waals surface area contributed by atoms with Crippen LogP contribution in [0, 0.1) is 13.5 Å². The van der Waals surface area contributed by atoms with Gasteiger partial charge in [0.25, 0.3) is 0 Å². The van der Waals surface area contributed by atoms with Crippen molar-refractivity contribution in [1.82, 2.24) is 4.98 Å². The van der Waals surface area contributed by atoms with E-state index in [1.807, 2.05) is 133 Å². The monoisotopic (exact) mass is 673 g/mol. The van der Waals surface area contributed by atoms with Crippen LogP contribution in [0.4, 0.5) is 0 Å². The molecular weight excluding hydrogens is 646 g/mol. The predicted octanol–water partition coefficient (Wildman–Crippen LogP) is 8.18. The van der Waals surface area contributed by atoms with E-state index in [2.05, 4.69) is 11.1 Å². The molecule has 1 heterocycles. The molecule has 4 nitrogen and oxygen atoms in total. The van der Waals surface area contributed by atoms with Crippen LogP contribution in [0.15, 0.2) is 140 Å². The van der Waals surface area contributed by atoms with Crippen LogP contribution in [-0.4, -0.2) is 4.98 Å². The standard InChI is InChI=1S/C18H16O3P.C11H8N.CH3.Ir/c1-4-10-16(11-5-1)19-22(20-17-12-6-2-7-13-17)21-18-14-8-3-9-15-18;1-2-6-10(7-3-1)11-8-4-5-9-12-11;;/h1-15,22H;1-6,8-9H;1H3;/q+1;2*-1;. The normalized spacial score (nSPS) is 9.47. The zero-order valence-electron chi connectivity index (χ0n) is 19.8. The average molecular weight is 673 g/mol. The molecule has 0 N–H and O–H groups in total. The van der Waals surface area contributed by atoms with Gasteiger partial charge in [0.2, 0.25) is 0 Å². The van der Waals surface area contributed by atoms with Crippen LogP contribution >= 0.6 is 8.60 Å². The molecule has 36 heavy (non-hydrogen) atoms. The minimum Gasteiger partial charge on any atom is -0.358 e. The summed E-state index contributed by atoms with van der Waals surface area (Å²) in [6.07, 6.45) is 1.79. The number of aromatic nitrogens is 1. The molecule has 6 heteroatoms. The summed E-state index contributed by atoms with van der Waals surface area (Å²) in [6, 6.07) is 45.4. The van der Waals surface area contributed by atoms with E-state index < -0.39 is 8.60 Å². The summed E-state index contributed by atoms with van der Waals surface area (Å²) in [6.45, 7) is 0. The van der Waals surface area contributed by atoms with Crippen molar-refractivity contribution in [3.63, 3.8) is 0 Å². The first-order valence-corrected chi connectivity index (χ1v) is 12.0. The number of para-hydroxylation sites is 3. The molecule has 1 radical (unpaired) electrons. The molecule has 0 fully saturated rings. The molecule has 0 atom stereocenters. The maximum absolute atomic E-state index is 5.88. The Bertz CT molecular complexity index is 1080. The third kappa shape index (κ3) is 9.64. The van der Waals surface area contributed by atoms with Gasteiger partial charge in [-0.15, -0.1) is 35.9 Å². The summed E-state index contributed by atoms with van der Waals surface area (Å²) in [5.74, 6) is 2.18. The van der Waals surface area contributed by atoms with Crippen molar-refractivity contribution >= 4 is 8.60 Å². The van der Waals surface area contributed by atoms with Crippen LogP contribution in [0.25, 0.3) is 11.3 Å². The third-order valence-electron chi connectivity index (χ3n) is 4.48. The number of hydrogen-bond acceptors (Lipinski definition) is 4. The van der Waals surface area contributed by atoms with Gasteiger partial charge in [0.1, 0.15) is 0 Å². The Kier molecular flexibility index (Phi) is 13.0. The van der Waals surface area contributed by atoms with Gasteiger partial charge in [0, 0.05) is 26.3 Å². The molecule has 0 amide bonds. The van der Waals surface area contributed by atoms with Gasteiger partial charge >= 0.3 is 8.60 Å². The van der Waals surface area contributed by atoms with Gasteiger partial charge < -0.3 is 12.4 Å². The topological polar surface area (TPSA) is 40.6 Å². The first-order chi connectivity index (χ1) is 16.9. The maximum Gasteiger partial charge on any atom is 0.528 e. The van der Waals surface area contributed by atoms with Crippen molar-refractivity contribution in [2.45, 2.75) is 0 Å². The number of pyridine rings is 1. The van der Waals surface area contributed by atoms with Gasteiger partial charge in [-0.05, 0) is 48.2 Å². The summed E-state index contributed by atoms with van der Waals surface area (Å²) in [5.41, 5.74) is 2.01. The average Bonchev–Trinajstić information content (AvgIpc) is 2.92. The van der Waals surface area contributed by atoms with Gasteiger partial charge in [0.05, 0.1) is 0 Å². The molecule has 5 rings (SSSR count). The molecule has 0 unspecified atom stereocenters. The Hall–Kier alpha value is -3.49. The van der Waals surface area contributed by atoms with E-state index in [4.69, 9.17) is 13.6 Å². The van der Waals surface area contributed by atoms with Crippen molar-refractivity contribution in [3.8, 4) is 28.5 Å². The second kappa shape index (κ2) is 16.2. The molecule has 0 saturated heterocycles. The molecule has 5 aromatic rings. The van der Waals surface area contributed by atoms with Crippen LogP contribution < -0.4 is 13.6 Å². The summed E-state index contributed by atoms with van der Waals surface area (Å²) in [7, 11) is -2.00. The van der Waals surface area contributed by atoms with Crippen molar-refractivity contribution in [1.29, 1.82) is 0 Å². The molecule has 4 aromatic carbocycles. The first kappa shape index (κ1) is 28.7. The van der Waals surface area contributed by atoms with Gasteiger partial charge in [-0.2, -0.15) is 0 Å². The second-order valence-corrected chi connectivity index (χ2v) is 8.10. The van der Waals surface area contributed by atoms with Gasteiger partial charge in [-0.1, -0.05) is 66.7 Å². The smallest absolute Gasteiger partial charge is 0.358 e. The van der Waals surface area contributed by atoms with E-state index >= 15 is 0 Å². The number of hydrogen-bond donors (Lipinski definition) is 0. The zero-order valence-corrected chi connectivity index (χ0v) is 23.2. The van der Waals surface area contributed by atoms with Crippen molar-refractivity contribution in [3.05, 3.63) is 153 Å². The number of nitrogens with zero attached hydrogens (tertiary/aromatic N) is 1. The van der Waals surface area contributed by atoms with Crippen LogP contribution in [0.1, 0.15) is 0 Å². The second-order valence-electron chi connectivity index (χ2n) is 6.99. The van der Waals surface area contributed by atoms with Crippen LogP contribution in [0.2, 0.25) is 0 Å². The van der Waals surface area contributed by atoms with Crippen LogP contribution in [0.5, 0.6) is 17.2 Å². The Balaban J connectivity index is 0.000000278. The Morgan fingerprint density at radius 1 is 0.528 bits per heavy atom. The Labute approximate surface area is 228 Å². The predicted molar refractivity (Wildman–Crippen MR) is 144 cm³/mol. The summed E-state index contributed by atoms with van der Waals surface area (Å²) in [4.78, 5) is 4.22.